The predicted octanol–water partition coefficient (Wildman–Crippen LogP) is 0.804. The molecule has 0 bridgehead atoms. The van der Waals surface area contributed by atoms with Gasteiger partial charge in [0.05, 0.1) is 7.11 Å². The molecule has 0 radical (unpaired) electrons. The zero-order chi connectivity index (χ0) is 7.56. The lowest BCUT2D eigenvalue weighted by atomic mass is 10.3. The third-order valence-electron chi connectivity index (χ3n) is 1.19. The van der Waals surface area contributed by atoms with E-state index in [0.717, 1.165) is 0 Å². The van der Waals surface area contributed by atoms with Crippen molar-refractivity contribution in [3.63, 3.8) is 0 Å². The Bertz CT molecular complexity index is 241. The Morgan fingerprint density at radius 3 is 2.80 bits per heavy atom. The van der Waals surface area contributed by atoms with Gasteiger partial charge in [0.1, 0.15) is 11.3 Å². The maximum Gasteiger partial charge on any atom is 0.264 e. The molecule has 0 N–H and O–H groups in total. The second kappa shape index (κ2) is 2.51. The van der Waals surface area contributed by atoms with Crippen LogP contribution in [0.5, 0.6) is 5.88 Å². The van der Waals surface area contributed by atoms with Gasteiger partial charge in [-0.2, -0.15) is 0 Å². The largest absolute Gasteiger partial charge is 0.478 e. The molecule has 0 saturated carbocycles. The van der Waals surface area contributed by atoms with E-state index in [1.165, 1.54) is 7.11 Å². The Kier molecular flexibility index (Phi) is 1.71. The van der Waals surface area contributed by atoms with Crippen LogP contribution in [0.2, 0.25) is 0 Å². The van der Waals surface area contributed by atoms with Crippen LogP contribution in [0.4, 0.5) is 0 Å². The van der Waals surface area contributed by atoms with Gasteiger partial charge in [0, 0.05) is 0 Å². The molecule has 0 aliphatic carbocycles. The summed E-state index contributed by atoms with van der Waals surface area (Å²) in [5.41, 5.74) is 0.377. The molecule has 1 heterocycles. The number of hydrogen-bond acceptors (Lipinski definition) is 4. The number of methoxy groups -OCH3 is 1. The Balaban J connectivity index is 3.12. The minimum absolute atomic E-state index is 0.243. The van der Waals surface area contributed by atoms with E-state index in [-0.39, 0.29) is 5.88 Å². The quantitative estimate of drug-likeness (QED) is 0.572. The van der Waals surface area contributed by atoms with Gasteiger partial charge in [-0.3, -0.25) is 4.79 Å². The van der Waals surface area contributed by atoms with Crippen LogP contribution in [0.25, 0.3) is 0 Å². The van der Waals surface area contributed by atoms with Crippen LogP contribution in [-0.4, -0.2) is 18.6 Å². The SMILES string of the molecule is COc1noc(C)c1C=O. The van der Waals surface area contributed by atoms with Crippen LogP contribution in [-0.2, 0) is 0 Å². The van der Waals surface area contributed by atoms with Crippen molar-refractivity contribution in [3.05, 3.63) is 11.3 Å². The van der Waals surface area contributed by atoms with Gasteiger partial charge in [-0.05, 0) is 12.1 Å². The van der Waals surface area contributed by atoms with Gasteiger partial charge in [-0.15, -0.1) is 0 Å². The lowest BCUT2D eigenvalue weighted by Crippen LogP contribution is -1.87. The second-order valence-electron chi connectivity index (χ2n) is 1.78. The van der Waals surface area contributed by atoms with Crippen LogP contribution < -0.4 is 4.74 Å². The van der Waals surface area contributed by atoms with Crippen molar-refractivity contribution in [2.45, 2.75) is 6.92 Å². The van der Waals surface area contributed by atoms with Crippen molar-refractivity contribution in [1.82, 2.24) is 5.16 Å². The van der Waals surface area contributed by atoms with E-state index >= 15 is 0 Å². The van der Waals surface area contributed by atoms with Crippen LogP contribution in [0, 0.1) is 6.92 Å². The smallest absolute Gasteiger partial charge is 0.264 e. The highest BCUT2D eigenvalue weighted by Crippen LogP contribution is 2.16. The van der Waals surface area contributed by atoms with E-state index in [9.17, 15) is 4.79 Å². The van der Waals surface area contributed by atoms with Crippen molar-refractivity contribution in [2.75, 3.05) is 7.11 Å². The summed E-state index contributed by atoms with van der Waals surface area (Å²) < 4.78 is 9.39. The molecule has 0 aromatic carbocycles. The monoisotopic (exact) mass is 141 g/mol. The summed E-state index contributed by atoms with van der Waals surface area (Å²) in [6, 6.07) is 0. The van der Waals surface area contributed by atoms with Gasteiger partial charge in [-0.1, -0.05) is 0 Å². The topological polar surface area (TPSA) is 52.3 Å². The van der Waals surface area contributed by atoms with Crippen LogP contribution in [0.1, 0.15) is 16.1 Å². The van der Waals surface area contributed by atoms with Gasteiger partial charge in [0.15, 0.2) is 6.29 Å². The molecule has 0 amide bonds. The van der Waals surface area contributed by atoms with E-state index in [4.69, 9.17) is 4.74 Å². The fourth-order valence-electron chi connectivity index (χ4n) is 0.639. The molecule has 0 aliphatic rings. The molecular weight excluding hydrogens is 134 g/mol. The number of nitrogens with zero attached hydrogens (tertiary/aromatic N) is 1. The van der Waals surface area contributed by atoms with Crippen molar-refractivity contribution >= 4 is 6.29 Å². The first-order chi connectivity index (χ1) is 4.79. The number of aryl methyl sites for hydroxylation is 1. The van der Waals surface area contributed by atoms with E-state index in [0.29, 0.717) is 17.6 Å². The summed E-state index contributed by atoms with van der Waals surface area (Å²) in [5, 5.41) is 3.48. The maximum atomic E-state index is 10.3. The van der Waals surface area contributed by atoms with Crippen molar-refractivity contribution < 1.29 is 14.1 Å². The standard InChI is InChI=1S/C6H7NO3/c1-4-5(3-8)6(9-2)7-10-4/h3H,1-2H3. The van der Waals surface area contributed by atoms with Gasteiger partial charge in [0.2, 0.25) is 0 Å². The summed E-state index contributed by atoms with van der Waals surface area (Å²) in [7, 11) is 1.43. The summed E-state index contributed by atoms with van der Waals surface area (Å²) in [6.07, 6.45) is 0.657. The summed E-state index contributed by atoms with van der Waals surface area (Å²) >= 11 is 0. The van der Waals surface area contributed by atoms with Crippen molar-refractivity contribution in [2.24, 2.45) is 0 Å². The Hall–Kier alpha value is -1.32. The number of ether oxygens (including phenoxy) is 1. The number of aromatic nitrogens is 1. The van der Waals surface area contributed by atoms with E-state index in [1.807, 2.05) is 0 Å². The van der Waals surface area contributed by atoms with Crippen LogP contribution in [0.15, 0.2) is 4.52 Å². The summed E-state index contributed by atoms with van der Waals surface area (Å²) in [5.74, 6) is 0.722. The van der Waals surface area contributed by atoms with Crippen molar-refractivity contribution in [1.29, 1.82) is 0 Å². The number of carbonyl (C=O) groups is 1. The number of aldehydes is 1. The molecule has 54 valence electrons. The van der Waals surface area contributed by atoms with E-state index in [2.05, 4.69) is 9.68 Å². The average molecular weight is 141 g/mol. The Morgan fingerprint density at radius 2 is 2.40 bits per heavy atom. The highest BCUT2D eigenvalue weighted by molar-refractivity contribution is 5.79. The fourth-order valence-corrected chi connectivity index (χ4v) is 0.639. The lowest BCUT2D eigenvalue weighted by molar-refractivity contribution is 0.111. The minimum Gasteiger partial charge on any atom is -0.478 e. The maximum absolute atomic E-state index is 10.3. The molecule has 10 heavy (non-hydrogen) atoms. The normalized spacial score (nSPS) is 9.40. The molecule has 1 rings (SSSR count). The van der Waals surface area contributed by atoms with Crippen LogP contribution in [0.3, 0.4) is 0 Å². The van der Waals surface area contributed by atoms with Gasteiger partial charge in [0.25, 0.3) is 5.88 Å². The van der Waals surface area contributed by atoms with Gasteiger partial charge >= 0.3 is 0 Å². The first-order valence-corrected chi connectivity index (χ1v) is 2.75. The highest BCUT2D eigenvalue weighted by atomic mass is 16.5. The van der Waals surface area contributed by atoms with Gasteiger partial charge < -0.3 is 9.26 Å². The zero-order valence-electron chi connectivity index (χ0n) is 5.75. The number of carbonyl (C=O) groups excluding carboxylic acids is 1. The van der Waals surface area contributed by atoms with E-state index in [1.54, 1.807) is 6.92 Å². The van der Waals surface area contributed by atoms with Crippen LogP contribution >= 0.6 is 0 Å². The van der Waals surface area contributed by atoms with Crippen molar-refractivity contribution in [3.8, 4) is 5.88 Å². The second-order valence-corrected chi connectivity index (χ2v) is 1.78. The molecule has 0 aliphatic heterocycles. The molecule has 0 fully saturated rings. The number of rotatable bonds is 2. The molecule has 4 nitrogen and oxygen atoms in total. The Labute approximate surface area is 57.8 Å². The number of hydrogen-bond donors (Lipinski definition) is 0. The first-order valence-electron chi connectivity index (χ1n) is 2.75. The Morgan fingerprint density at radius 1 is 1.70 bits per heavy atom. The minimum atomic E-state index is 0.243. The molecule has 0 atom stereocenters. The predicted molar refractivity (Wildman–Crippen MR) is 33.2 cm³/mol. The zero-order valence-corrected chi connectivity index (χ0v) is 5.75. The summed E-state index contributed by atoms with van der Waals surface area (Å²) in [4.78, 5) is 10.3. The molecule has 0 saturated heterocycles. The third-order valence-corrected chi connectivity index (χ3v) is 1.19. The average Bonchev–Trinajstić information content (AvgIpc) is 2.30. The first kappa shape index (κ1) is 6.80. The molecule has 0 spiro atoms. The molecule has 1 aromatic rings. The third kappa shape index (κ3) is 0.877. The molecular formula is C6H7NO3. The molecule has 0 unspecified atom stereocenters. The summed E-state index contributed by atoms with van der Waals surface area (Å²) in [6.45, 7) is 1.65. The molecule has 1 aromatic heterocycles. The van der Waals surface area contributed by atoms with E-state index < -0.39 is 0 Å². The highest BCUT2D eigenvalue weighted by Gasteiger charge is 2.10. The molecule has 4 heteroatoms. The lowest BCUT2D eigenvalue weighted by Gasteiger charge is -1.89. The fraction of sp³-hybridized carbons (Fsp3) is 0.333. The van der Waals surface area contributed by atoms with Gasteiger partial charge in [-0.25, -0.2) is 0 Å².